The van der Waals surface area contributed by atoms with Crippen LogP contribution in [0.3, 0.4) is 0 Å². The maximum absolute atomic E-state index is 12.6. The summed E-state index contributed by atoms with van der Waals surface area (Å²) in [5.41, 5.74) is 0.962. The van der Waals surface area contributed by atoms with Gasteiger partial charge >= 0.3 is 0 Å². The third-order valence-electron chi connectivity index (χ3n) is 3.28. The molecule has 7 heteroatoms. The number of likely N-dealkylation sites (N-methyl/N-ethyl adjacent to an activating group) is 1. The normalized spacial score (nSPS) is 12.5. The third-order valence-corrected chi connectivity index (χ3v) is 5.11. The number of rotatable bonds is 9. The van der Waals surface area contributed by atoms with Gasteiger partial charge in [0.15, 0.2) is 0 Å². The highest BCUT2D eigenvalue weighted by Crippen LogP contribution is 2.21. The highest BCUT2D eigenvalue weighted by molar-refractivity contribution is 7.89. The molecule has 0 aliphatic heterocycles. The summed E-state index contributed by atoms with van der Waals surface area (Å²) in [7, 11) is -0.0388. The molecule has 0 unspecified atom stereocenters. The molecule has 1 aromatic heterocycles. The molecule has 0 aliphatic rings. The summed E-state index contributed by atoms with van der Waals surface area (Å²) in [5.74, 6) is 0. The van der Waals surface area contributed by atoms with Gasteiger partial charge in [0.2, 0.25) is 10.0 Å². The lowest BCUT2D eigenvalue weighted by molar-refractivity contribution is 0.138. The van der Waals surface area contributed by atoms with Crippen LogP contribution in [0.15, 0.2) is 17.2 Å². The number of sulfonamides is 1. The summed E-state index contributed by atoms with van der Waals surface area (Å²) < 4.78 is 33.7. The van der Waals surface area contributed by atoms with E-state index in [0.717, 1.165) is 5.69 Å². The van der Waals surface area contributed by atoms with E-state index in [9.17, 15) is 8.42 Å². The Morgan fingerprint density at radius 2 is 2.10 bits per heavy atom. The van der Waals surface area contributed by atoms with Crippen LogP contribution in [-0.2, 0) is 21.3 Å². The van der Waals surface area contributed by atoms with Crippen molar-refractivity contribution in [1.82, 2.24) is 14.2 Å². The second-order valence-corrected chi connectivity index (χ2v) is 7.27. The monoisotopic (exact) mass is 317 g/mol. The van der Waals surface area contributed by atoms with Crippen molar-refractivity contribution in [3.8, 4) is 0 Å². The highest BCUT2D eigenvalue weighted by atomic mass is 32.2. The quantitative estimate of drug-likeness (QED) is 0.700. The molecule has 1 rings (SSSR count). The Labute approximate surface area is 128 Å². The molecule has 1 aromatic rings. The van der Waals surface area contributed by atoms with Crippen molar-refractivity contribution in [3.63, 3.8) is 0 Å². The van der Waals surface area contributed by atoms with E-state index in [1.165, 1.54) is 4.31 Å². The molecule has 0 atom stereocenters. The maximum atomic E-state index is 12.6. The average Bonchev–Trinajstić information content (AvgIpc) is 2.84. The van der Waals surface area contributed by atoms with Crippen molar-refractivity contribution in [2.45, 2.75) is 38.3 Å². The molecule has 21 heavy (non-hydrogen) atoms. The second kappa shape index (κ2) is 7.93. The molecule has 122 valence electrons. The van der Waals surface area contributed by atoms with E-state index in [1.54, 1.807) is 19.3 Å². The zero-order valence-corrected chi connectivity index (χ0v) is 14.4. The standard InChI is InChI=1S/C14H27N3O3S/c1-6-20-8-7-16(5)21(18,19)14-9-13(10-15-4)17(11-14)12(2)3/h9,11-12,15H,6-8,10H2,1-5H3. The van der Waals surface area contributed by atoms with E-state index in [2.05, 4.69) is 5.32 Å². The molecule has 1 heterocycles. The van der Waals surface area contributed by atoms with E-state index in [-0.39, 0.29) is 6.04 Å². The van der Waals surface area contributed by atoms with Gasteiger partial charge in [-0.25, -0.2) is 8.42 Å². The van der Waals surface area contributed by atoms with Crippen LogP contribution >= 0.6 is 0 Å². The number of nitrogens with one attached hydrogen (secondary N) is 1. The Kier molecular flexibility index (Phi) is 6.86. The second-order valence-electron chi connectivity index (χ2n) is 5.22. The van der Waals surface area contributed by atoms with E-state index >= 15 is 0 Å². The molecule has 6 nitrogen and oxygen atoms in total. The fourth-order valence-corrected chi connectivity index (χ4v) is 3.29. The van der Waals surface area contributed by atoms with Crippen LogP contribution in [-0.4, -0.2) is 51.1 Å². The minimum atomic E-state index is -3.47. The lowest BCUT2D eigenvalue weighted by atomic mass is 10.3. The highest BCUT2D eigenvalue weighted by Gasteiger charge is 2.23. The van der Waals surface area contributed by atoms with Crippen molar-refractivity contribution in [2.24, 2.45) is 0 Å². The van der Waals surface area contributed by atoms with Gasteiger partial charge in [-0.1, -0.05) is 0 Å². The molecule has 0 fully saturated rings. The Bertz CT molecular complexity index is 538. The van der Waals surface area contributed by atoms with Crippen LogP contribution in [0.1, 0.15) is 32.5 Å². The Hall–Kier alpha value is -0.890. The smallest absolute Gasteiger partial charge is 0.244 e. The van der Waals surface area contributed by atoms with E-state index < -0.39 is 10.0 Å². The summed E-state index contributed by atoms with van der Waals surface area (Å²) in [6.07, 6.45) is 1.71. The molecule has 0 radical (unpaired) electrons. The van der Waals surface area contributed by atoms with Crippen molar-refractivity contribution in [1.29, 1.82) is 0 Å². The number of aromatic nitrogens is 1. The molecule has 0 aromatic carbocycles. The molecule has 0 aliphatic carbocycles. The fraction of sp³-hybridized carbons (Fsp3) is 0.714. The van der Waals surface area contributed by atoms with E-state index in [1.807, 2.05) is 32.4 Å². The zero-order valence-electron chi connectivity index (χ0n) is 13.6. The van der Waals surface area contributed by atoms with Crippen LogP contribution < -0.4 is 5.32 Å². The predicted molar refractivity (Wildman–Crippen MR) is 83.9 cm³/mol. The van der Waals surface area contributed by atoms with Gasteiger partial charge in [0, 0.05) is 44.7 Å². The van der Waals surface area contributed by atoms with Gasteiger partial charge in [-0.2, -0.15) is 4.31 Å². The van der Waals surface area contributed by atoms with Crippen LogP contribution in [0, 0.1) is 0 Å². The molecule has 0 saturated heterocycles. The van der Waals surface area contributed by atoms with Crippen LogP contribution in [0.5, 0.6) is 0 Å². The number of nitrogens with zero attached hydrogens (tertiary/aromatic N) is 2. The van der Waals surface area contributed by atoms with Crippen LogP contribution in [0.2, 0.25) is 0 Å². The van der Waals surface area contributed by atoms with Gasteiger partial charge in [0.25, 0.3) is 0 Å². The molecular weight excluding hydrogens is 290 g/mol. The molecular formula is C14H27N3O3S. The largest absolute Gasteiger partial charge is 0.380 e. The van der Waals surface area contributed by atoms with Crippen molar-refractivity contribution in [3.05, 3.63) is 18.0 Å². The first-order valence-corrected chi connectivity index (χ1v) is 8.68. The summed E-state index contributed by atoms with van der Waals surface area (Å²) >= 11 is 0. The lowest BCUT2D eigenvalue weighted by Gasteiger charge is -2.16. The summed E-state index contributed by atoms with van der Waals surface area (Å²) in [6.45, 7) is 7.94. The van der Waals surface area contributed by atoms with Gasteiger partial charge in [-0.15, -0.1) is 0 Å². The first kappa shape index (κ1) is 18.2. The van der Waals surface area contributed by atoms with Crippen molar-refractivity contribution >= 4 is 10.0 Å². The molecule has 0 amide bonds. The van der Waals surface area contributed by atoms with Crippen molar-refractivity contribution in [2.75, 3.05) is 33.9 Å². The predicted octanol–water partition coefficient (Wildman–Crippen LogP) is 1.45. The number of ether oxygens (including phenoxy) is 1. The van der Waals surface area contributed by atoms with Gasteiger partial charge < -0.3 is 14.6 Å². The summed E-state index contributed by atoms with van der Waals surface area (Å²) in [4.78, 5) is 0.334. The average molecular weight is 317 g/mol. The fourth-order valence-electron chi connectivity index (χ4n) is 2.08. The molecule has 1 N–H and O–H groups in total. The Balaban J connectivity index is 2.99. The van der Waals surface area contributed by atoms with E-state index in [0.29, 0.717) is 31.2 Å². The first-order valence-electron chi connectivity index (χ1n) is 7.24. The summed E-state index contributed by atoms with van der Waals surface area (Å²) in [5, 5.41) is 3.07. The number of hydrogen-bond acceptors (Lipinski definition) is 4. The van der Waals surface area contributed by atoms with Crippen LogP contribution in [0.4, 0.5) is 0 Å². The lowest BCUT2D eigenvalue weighted by Crippen LogP contribution is -2.30. The molecule has 0 spiro atoms. The Morgan fingerprint density at radius 3 is 2.62 bits per heavy atom. The minimum Gasteiger partial charge on any atom is -0.380 e. The van der Waals surface area contributed by atoms with Gasteiger partial charge in [0.1, 0.15) is 4.90 Å². The van der Waals surface area contributed by atoms with Crippen LogP contribution in [0.25, 0.3) is 0 Å². The molecule has 0 bridgehead atoms. The van der Waals surface area contributed by atoms with E-state index in [4.69, 9.17) is 4.74 Å². The van der Waals surface area contributed by atoms with Crippen molar-refractivity contribution < 1.29 is 13.2 Å². The van der Waals surface area contributed by atoms with Gasteiger partial charge in [-0.3, -0.25) is 0 Å². The topological polar surface area (TPSA) is 63.6 Å². The Morgan fingerprint density at radius 1 is 1.43 bits per heavy atom. The molecule has 0 saturated carbocycles. The number of hydrogen-bond donors (Lipinski definition) is 1. The van der Waals surface area contributed by atoms with Gasteiger partial charge in [-0.05, 0) is 33.9 Å². The summed E-state index contributed by atoms with van der Waals surface area (Å²) in [6, 6.07) is 1.95. The SMILES string of the molecule is CCOCCN(C)S(=O)(=O)c1cc(CNC)n(C(C)C)c1. The third kappa shape index (κ3) is 4.54. The minimum absolute atomic E-state index is 0.214. The first-order chi connectivity index (χ1) is 9.84. The van der Waals surface area contributed by atoms with Gasteiger partial charge in [0.05, 0.1) is 6.61 Å². The maximum Gasteiger partial charge on any atom is 0.244 e. The zero-order chi connectivity index (χ0) is 16.0.